The van der Waals surface area contributed by atoms with E-state index in [-0.39, 0.29) is 30.5 Å². The minimum Gasteiger partial charge on any atom is -0.455 e. The van der Waals surface area contributed by atoms with E-state index in [9.17, 15) is 9.59 Å². The lowest BCUT2D eigenvalue weighted by Gasteiger charge is -2.32. The fourth-order valence-electron chi connectivity index (χ4n) is 3.08. The van der Waals surface area contributed by atoms with E-state index in [0.717, 1.165) is 11.1 Å². The van der Waals surface area contributed by atoms with Gasteiger partial charge in [-0.25, -0.2) is 4.79 Å². The number of carbonyl (C=O) groups is 2. The summed E-state index contributed by atoms with van der Waals surface area (Å²) < 4.78 is 16.3. The Bertz CT molecular complexity index is 863. The van der Waals surface area contributed by atoms with Crippen LogP contribution in [0.1, 0.15) is 45.1 Å². The summed E-state index contributed by atoms with van der Waals surface area (Å²) in [5, 5.41) is 7.96. The molecule has 0 radical (unpaired) electrons. The Hall–Kier alpha value is -2.90. The molecule has 0 spiro atoms. The smallest absolute Gasteiger partial charge is 0.410 e. The molecule has 0 N–H and O–H groups in total. The van der Waals surface area contributed by atoms with Crippen molar-refractivity contribution in [2.24, 2.45) is 5.92 Å². The van der Waals surface area contributed by atoms with E-state index in [4.69, 9.17) is 13.9 Å². The van der Waals surface area contributed by atoms with Crippen LogP contribution in [0.15, 0.2) is 28.7 Å². The number of benzene rings is 1. The van der Waals surface area contributed by atoms with E-state index in [0.29, 0.717) is 31.8 Å². The highest BCUT2D eigenvalue weighted by Gasteiger charge is 2.31. The lowest BCUT2D eigenvalue weighted by atomic mass is 9.97. The van der Waals surface area contributed by atoms with Crippen molar-refractivity contribution < 1.29 is 23.5 Å². The highest BCUT2D eigenvalue weighted by atomic mass is 16.6. The highest BCUT2D eigenvalue weighted by Crippen LogP contribution is 2.22. The molecule has 0 unspecified atom stereocenters. The average Bonchev–Trinajstić information content (AvgIpc) is 3.14. The van der Waals surface area contributed by atoms with Crippen molar-refractivity contribution in [3.8, 4) is 11.5 Å². The molecule has 29 heavy (non-hydrogen) atoms. The Morgan fingerprint density at radius 1 is 1.21 bits per heavy atom. The summed E-state index contributed by atoms with van der Waals surface area (Å²) in [5.74, 6) is 0.0726. The first-order chi connectivity index (χ1) is 13.7. The number of ether oxygens (including phenoxy) is 2. The second-order valence-electron chi connectivity index (χ2n) is 8.22. The van der Waals surface area contributed by atoms with Crippen LogP contribution < -0.4 is 0 Å². The molecular formula is C21H27N3O5. The maximum absolute atomic E-state index is 12.4. The SMILES string of the molecule is Cc1cccc(-c2nnc(COC(=O)C3CCN(C(=O)OC(C)(C)C)CC3)o2)c1. The predicted octanol–water partition coefficient (Wildman–Crippen LogP) is 3.74. The van der Waals surface area contributed by atoms with Gasteiger partial charge in [0.05, 0.1) is 5.92 Å². The number of aryl methyl sites for hydroxylation is 1. The molecular weight excluding hydrogens is 374 g/mol. The van der Waals surface area contributed by atoms with Gasteiger partial charge < -0.3 is 18.8 Å². The molecule has 0 atom stereocenters. The third kappa shape index (κ3) is 5.79. The number of hydrogen-bond acceptors (Lipinski definition) is 7. The molecule has 1 aromatic heterocycles. The maximum atomic E-state index is 12.4. The van der Waals surface area contributed by atoms with Gasteiger partial charge in [-0.05, 0) is 52.7 Å². The van der Waals surface area contributed by atoms with E-state index in [1.807, 2.05) is 52.0 Å². The molecule has 2 aromatic rings. The molecule has 0 saturated carbocycles. The normalized spacial score (nSPS) is 15.2. The minimum atomic E-state index is -0.533. The van der Waals surface area contributed by atoms with Gasteiger partial charge in [0, 0.05) is 18.7 Å². The standard InChI is InChI=1S/C21H27N3O5/c1-14-6-5-7-16(12-14)18-23-22-17(28-18)13-27-19(25)15-8-10-24(11-9-15)20(26)29-21(2,3)4/h5-7,12,15H,8-11,13H2,1-4H3. The summed E-state index contributed by atoms with van der Waals surface area (Å²) in [4.78, 5) is 26.1. The van der Waals surface area contributed by atoms with Crippen molar-refractivity contribution in [2.75, 3.05) is 13.1 Å². The number of likely N-dealkylation sites (tertiary alicyclic amines) is 1. The molecule has 8 nitrogen and oxygen atoms in total. The molecule has 1 aliphatic rings. The average molecular weight is 401 g/mol. The van der Waals surface area contributed by atoms with Crippen molar-refractivity contribution in [3.05, 3.63) is 35.7 Å². The Balaban J connectivity index is 1.47. The van der Waals surface area contributed by atoms with Gasteiger partial charge in [-0.1, -0.05) is 17.7 Å². The number of nitrogens with zero attached hydrogens (tertiary/aromatic N) is 3. The summed E-state index contributed by atoms with van der Waals surface area (Å²) in [6.45, 7) is 8.34. The summed E-state index contributed by atoms with van der Waals surface area (Å²) in [6.07, 6.45) is 0.728. The zero-order valence-electron chi connectivity index (χ0n) is 17.3. The lowest BCUT2D eigenvalue weighted by molar-refractivity contribution is -0.152. The van der Waals surface area contributed by atoms with Crippen LogP contribution in [-0.4, -0.2) is 45.9 Å². The van der Waals surface area contributed by atoms with Gasteiger partial charge in [0.25, 0.3) is 5.89 Å². The summed E-state index contributed by atoms with van der Waals surface area (Å²) >= 11 is 0. The van der Waals surface area contributed by atoms with Crippen molar-refractivity contribution in [2.45, 2.75) is 52.7 Å². The van der Waals surface area contributed by atoms with Gasteiger partial charge in [-0.2, -0.15) is 0 Å². The zero-order valence-corrected chi connectivity index (χ0v) is 17.3. The van der Waals surface area contributed by atoms with E-state index < -0.39 is 5.60 Å². The number of aromatic nitrogens is 2. The molecule has 8 heteroatoms. The van der Waals surface area contributed by atoms with Crippen LogP contribution in [0.2, 0.25) is 0 Å². The third-order valence-electron chi connectivity index (χ3n) is 4.55. The largest absolute Gasteiger partial charge is 0.455 e. The van der Waals surface area contributed by atoms with Crippen LogP contribution in [0.25, 0.3) is 11.5 Å². The lowest BCUT2D eigenvalue weighted by Crippen LogP contribution is -2.43. The summed E-state index contributed by atoms with van der Waals surface area (Å²) in [6, 6.07) is 7.73. The monoisotopic (exact) mass is 401 g/mol. The predicted molar refractivity (Wildman–Crippen MR) is 105 cm³/mol. The van der Waals surface area contributed by atoms with Gasteiger partial charge in [-0.3, -0.25) is 4.79 Å². The number of hydrogen-bond donors (Lipinski definition) is 0. The summed E-state index contributed by atoms with van der Waals surface area (Å²) in [7, 11) is 0. The number of amides is 1. The Morgan fingerprint density at radius 2 is 1.93 bits per heavy atom. The third-order valence-corrected chi connectivity index (χ3v) is 4.55. The van der Waals surface area contributed by atoms with Gasteiger partial charge in [0.2, 0.25) is 5.89 Å². The molecule has 1 aromatic carbocycles. The van der Waals surface area contributed by atoms with Gasteiger partial charge >= 0.3 is 12.1 Å². The van der Waals surface area contributed by atoms with Crippen molar-refractivity contribution >= 4 is 12.1 Å². The van der Waals surface area contributed by atoms with Crippen LogP contribution in [0.3, 0.4) is 0 Å². The first-order valence-electron chi connectivity index (χ1n) is 9.75. The first kappa shape index (κ1) is 20.8. The van der Waals surface area contributed by atoms with Crippen LogP contribution in [-0.2, 0) is 20.9 Å². The second kappa shape index (κ2) is 8.63. The van der Waals surface area contributed by atoms with Crippen molar-refractivity contribution in [1.82, 2.24) is 15.1 Å². The van der Waals surface area contributed by atoms with Crippen LogP contribution in [0, 0.1) is 12.8 Å². The number of piperidine rings is 1. The molecule has 3 rings (SSSR count). The fourth-order valence-corrected chi connectivity index (χ4v) is 3.08. The highest BCUT2D eigenvalue weighted by molar-refractivity contribution is 5.73. The molecule has 1 saturated heterocycles. The Morgan fingerprint density at radius 3 is 2.59 bits per heavy atom. The molecule has 1 fully saturated rings. The van der Waals surface area contributed by atoms with Crippen molar-refractivity contribution in [3.63, 3.8) is 0 Å². The zero-order chi connectivity index (χ0) is 21.0. The number of esters is 1. The van der Waals surface area contributed by atoms with Crippen LogP contribution in [0.4, 0.5) is 4.79 Å². The number of rotatable bonds is 4. The molecule has 0 bridgehead atoms. The van der Waals surface area contributed by atoms with Crippen molar-refractivity contribution in [1.29, 1.82) is 0 Å². The Labute approximate surface area is 170 Å². The Kier molecular flexibility index (Phi) is 6.20. The van der Waals surface area contributed by atoms with Gasteiger partial charge in [-0.15, -0.1) is 10.2 Å². The van der Waals surface area contributed by atoms with Gasteiger partial charge in [0.1, 0.15) is 5.60 Å². The fraction of sp³-hybridized carbons (Fsp3) is 0.524. The van der Waals surface area contributed by atoms with E-state index in [2.05, 4.69) is 10.2 Å². The molecule has 2 heterocycles. The second-order valence-corrected chi connectivity index (χ2v) is 8.22. The quantitative estimate of drug-likeness (QED) is 0.720. The first-order valence-corrected chi connectivity index (χ1v) is 9.75. The summed E-state index contributed by atoms with van der Waals surface area (Å²) in [5.41, 5.74) is 1.38. The van der Waals surface area contributed by atoms with E-state index >= 15 is 0 Å². The topological polar surface area (TPSA) is 94.8 Å². The van der Waals surface area contributed by atoms with E-state index in [1.165, 1.54) is 0 Å². The van der Waals surface area contributed by atoms with E-state index in [1.54, 1.807) is 4.90 Å². The number of carbonyl (C=O) groups excluding carboxylic acids is 2. The van der Waals surface area contributed by atoms with Gasteiger partial charge in [0.15, 0.2) is 6.61 Å². The maximum Gasteiger partial charge on any atom is 0.410 e. The van der Waals surface area contributed by atoms with Crippen LogP contribution >= 0.6 is 0 Å². The molecule has 156 valence electrons. The molecule has 1 amide bonds. The molecule has 1 aliphatic heterocycles. The minimum absolute atomic E-state index is 0.0655. The molecule has 0 aliphatic carbocycles. The van der Waals surface area contributed by atoms with Crippen LogP contribution in [0.5, 0.6) is 0 Å².